The molecule has 0 bridgehead atoms. The highest BCUT2D eigenvalue weighted by Crippen LogP contribution is 2.43. The summed E-state index contributed by atoms with van der Waals surface area (Å²) in [6, 6.07) is 15.2. The minimum absolute atomic E-state index is 0.0284. The lowest BCUT2D eigenvalue weighted by atomic mass is 9.81. The highest BCUT2D eigenvalue weighted by atomic mass is 31.2. The molecule has 41 heavy (non-hydrogen) atoms. The zero-order chi connectivity index (χ0) is 29.6. The number of nitrogens with one attached hydrogen (secondary N) is 2. The molecule has 11 heteroatoms. The molecule has 0 aliphatic carbocycles. The quantitative estimate of drug-likeness (QED) is 0.254. The number of aromatic nitrogens is 3. The van der Waals surface area contributed by atoms with E-state index in [2.05, 4.69) is 51.1 Å². The Balaban J connectivity index is 1.52. The summed E-state index contributed by atoms with van der Waals surface area (Å²) in [6.45, 7) is 9.76. The SMILES string of the molecule is CC1(C)C[C@H](Nc2ncc(C(F)(F)F)c(-c3c[nH]c4c(P(C)(C)=O)c(C#N)ccc34)n2)CN(Cc2ccccc2)C1. The van der Waals surface area contributed by atoms with Gasteiger partial charge in [0.25, 0.3) is 0 Å². The molecule has 3 heterocycles. The van der Waals surface area contributed by atoms with Crippen LogP contribution in [-0.2, 0) is 17.3 Å². The fourth-order valence-electron chi connectivity index (χ4n) is 5.91. The minimum atomic E-state index is -4.70. The van der Waals surface area contributed by atoms with Gasteiger partial charge in [-0.1, -0.05) is 50.2 Å². The van der Waals surface area contributed by atoms with E-state index in [4.69, 9.17) is 0 Å². The van der Waals surface area contributed by atoms with Crippen molar-refractivity contribution < 1.29 is 17.7 Å². The smallest absolute Gasteiger partial charge is 0.360 e. The van der Waals surface area contributed by atoms with Gasteiger partial charge in [-0.05, 0) is 36.8 Å². The summed E-state index contributed by atoms with van der Waals surface area (Å²) in [7, 11) is -2.94. The van der Waals surface area contributed by atoms with Crippen LogP contribution in [0.3, 0.4) is 0 Å². The molecule has 7 nitrogen and oxygen atoms in total. The fourth-order valence-corrected chi connectivity index (χ4v) is 7.34. The number of rotatable bonds is 6. The lowest BCUT2D eigenvalue weighted by Crippen LogP contribution is -2.49. The van der Waals surface area contributed by atoms with E-state index in [-0.39, 0.29) is 34.2 Å². The van der Waals surface area contributed by atoms with Crippen molar-refractivity contribution >= 4 is 29.3 Å². The standard InChI is InChI=1S/C30H32F3N6OP/c1-29(2)12-21(17-39(18-29)16-19-8-6-5-7-9-19)37-28-36-15-24(30(31,32)33)25(38-28)23-14-35-26-22(23)11-10-20(13-34)27(26)41(3,4)40/h5-11,14-15,21,35H,12,16-18H2,1-4H3,(H,36,37,38)/t21-/m0/s1. The number of alkyl halides is 3. The molecule has 2 aromatic heterocycles. The third kappa shape index (κ3) is 6.17. The predicted octanol–water partition coefficient (Wildman–Crippen LogP) is 6.48. The van der Waals surface area contributed by atoms with Gasteiger partial charge in [-0.3, -0.25) is 4.90 Å². The number of piperidine rings is 1. The monoisotopic (exact) mass is 580 g/mol. The van der Waals surface area contributed by atoms with E-state index >= 15 is 0 Å². The Morgan fingerprint density at radius 2 is 1.93 bits per heavy atom. The van der Waals surface area contributed by atoms with Crippen molar-refractivity contribution in [2.45, 2.75) is 39.0 Å². The Hall–Kier alpha value is -3.67. The second-order valence-electron chi connectivity index (χ2n) is 11.9. The molecule has 214 valence electrons. The van der Waals surface area contributed by atoms with Crippen LogP contribution < -0.4 is 10.6 Å². The average Bonchev–Trinajstić information content (AvgIpc) is 3.30. The van der Waals surface area contributed by atoms with E-state index in [9.17, 15) is 23.0 Å². The lowest BCUT2D eigenvalue weighted by molar-refractivity contribution is -0.137. The van der Waals surface area contributed by atoms with Crippen LogP contribution in [0.25, 0.3) is 22.2 Å². The molecular formula is C30H32F3N6OP. The average molecular weight is 581 g/mol. The Morgan fingerprint density at radius 1 is 1.20 bits per heavy atom. The Kier molecular flexibility index (Phi) is 7.47. The molecule has 0 amide bonds. The molecule has 1 fully saturated rings. The normalized spacial score (nSPS) is 17.9. The number of fused-ring (bicyclic) bond motifs is 1. The molecule has 0 unspecified atom stereocenters. The number of anilines is 1. The summed E-state index contributed by atoms with van der Waals surface area (Å²) in [5, 5.41) is 13.6. The molecule has 0 spiro atoms. The van der Waals surface area contributed by atoms with Gasteiger partial charge in [0.05, 0.1) is 28.1 Å². The van der Waals surface area contributed by atoms with Gasteiger partial charge in [-0.25, -0.2) is 9.97 Å². The van der Waals surface area contributed by atoms with Crippen LogP contribution in [0.2, 0.25) is 0 Å². The molecule has 1 aliphatic rings. The zero-order valence-electron chi connectivity index (χ0n) is 23.4. The van der Waals surface area contributed by atoms with Gasteiger partial charge in [-0.15, -0.1) is 0 Å². The Bertz CT molecular complexity index is 1670. The number of likely N-dealkylation sites (tertiary alicyclic amines) is 1. The van der Waals surface area contributed by atoms with E-state index in [1.807, 2.05) is 24.3 Å². The van der Waals surface area contributed by atoms with Crippen molar-refractivity contribution in [3.8, 4) is 17.3 Å². The molecule has 2 aromatic carbocycles. The number of hydrogen-bond acceptors (Lipinski definition) is 6. The van der Waals surface area contributed by atoms with Crippen molar-refractivity contribution in [2.24, 2.45) is 5.41 Å². The van der Waals surface area contributed by atoms with E-state index in [1.54, 1.807) is 6.07 Å². The first-order valence-corrected chi connectivity index (χ1v) is 15.9. The first kappa shape index (κ1) is 28.8. The largest absolute Gasteiger partial charge is 0.419 e. The van der Waals surface area contributed by atoms with Gasteiger partial charge >= 0.3 is 6.18 Å². The fraction of sp³-hybridized carbons (Fsp3) is 0.367. The summed E-state index contributed by atoms with van der Waals surface area (Å²) in [5.41, 5.74) is 0.709. The van der Waals surface area contributed by atoms with Gasteiger partial charge in [0.15, 0.2) is 0 Å². The Labute approximate surface area is 237 Å². The van der Waals surface area contributed by atoms with Gasteiger partial charge in [-0.2, -0.15) is 18.4 Å². The minimum Gasteiger partial charge on any atom is -0.360 e. The number of H-pyrrole nitrogens is 1. The number of halogens is 3. The summed E-state index contributed by atoms with van der Waals surface area (Å²) >= 11 is 0. The number of nitriles is 1. The van der Waals surface area contributed by atoms with E-state index in [0.717, 1.165) is 25.7 Å². The first-order valence-electron chi connectivity index (χ1n) is 13.3. The maximum atomic E-state index is 14.2. The van der Waals surface area contributed by atoms with Crippen LogP contribution in [0.1, 0.15) is 37.0 Å². The topological polar surface area (TPSA) is 97.7 Å². The van der Waals surface area contributed by atoms with Crippen molar-refractivity contribution in [3.05, 3.63) is 71.5 Å². The molecule has 0 radical (unpaired) electrons. The molecule has 5 rings (SSSR count). The summed E-state index contributed by atoms with van der Waals surface area (Å²) in [5.74, 6) is 0.107. The first-order chi connectivity index (χ1) is 19.2. The van der Waals surface area contributed by atoms with Crippen LogP contribution in [0, 0.1) is 16.7 Å². The van der Waals surface area contributed by atoms with Gasteiger partial charge in [0, 0.05) is 49.0 Å². The van der Waals surface area contributed by atoms with Crippen molar-refractivity contribution in [1.29, 1.82) is 5.26 Å². The second-order valence-corrected chi connectivity index (χ2v) is 15.0. The zero-order valence-corrected chi connectivity index (χ0v) is 24.3. The van der Waals surface area contributed by atoms with Crippen LogP contribution in [0.4, 0.5) is 19.1 Å². The highest BCUT2D eigenvalue weighted by Gasteiger charge is 2.37. The Morgan fingerprint density at radius 3 is 2.59 bits per heavy atom. The van der Waals surface area contributed by atoms with Crippen LogP contribution >= 0.6 is 7.14 Å². The van der Waals surface area contributed by atoms with Crippen molar-refractivity contribution in [2.75, 3.05) is 31.7 Å². The molecule has 1 saturated heterocycles. The van der Waals surface area contributed by atoms with Gasteiger partial charge < -0.3 is 14.9 Å². The van der Waals surface area contributed by atoms with E-state index in [1.165, 1.54) is 31.2 Å². The van der Waals surface area contributed by atoms with Gasteiger partial charge in [0.1, 0.15) is 12.7 Å². The lowest BCUT2D eigenvalue weighted by Gasteiger charge is -2.42. The molecule has 0 saturated carbocycles. The van der Waals surface area contributed by atoms with Crippen LogP contribution in [0.5, 0.6) is 0 Å². The van der Waals surface area contributed by atoms with E-state index < -0.39 is 18.9 Å². The summed E-state index contributed by atoms with van der Waals surface area (Å²) < 4.78 is 55.6. The number of nitrogens with zero attached hydrogens (tertiary/aromatic N) is 4. The van der Waals surface area contributed by atoms with Crippen LogP contribution in [-0.4, -0.2) is 52.3 Å². The number of benzene rings is 2. The third-order valence-corrected chi connectivity index (χ3v) is 8.89. The molecular weight excluding hydrogens is 548 g/mol. The predicted molar refractivity (Wildman–Crippen MR) is 156 cm³/mol. The summed E-state index contributed by atoms with van der Waals surface area (Å²) in [4.78, 5) is 13.8. The van der Waals surface area contributed by atoms with E-state index in [0.29, 0.717) is 22.8 Å². The summed E-state index contributed by atoms with van der Waals surface area (Å²) in [6.07, 6.45) is -1.66. The number of hydrogen-bond donors (Lipinski definition) is 2. The third-order valence-electron chi connectivity index (χ3n) is 7.35. The van der Waals surface area contributed by atoms with Crippen molar-refractivity contribution in [1.82, 2.24) is 19.9 Å². The second kappa shape index (κ2) is 10.6. The molecule has 1 atom stereocenters. The molecule has 4 aromatic rings. The molecule has 1 aliphatic heterocycles. The van der Waals surface area contributed by atoms with Crippen LogP contribution in [0.15, 0.2) is 54.9 Å². The maximum Gasteiger partial charge on any atom is 0.419 e. The molecule has 2 N–H and O–H groups in total. The van der Waals surface area contributed by atoms with Crippen molar-refractivity contribution in [3.63, 3.8) is 0 Å². The number of aromatic amines is 1. The highest BCUT2D eigenvalue weighted by molar-refractivity contribution is 7.70. The van der Waals surface area contributed by atoms with Gasteiger partial charge in [0.2, 0.25) is 5.95 Å². The maximum absolute atomic E-state index is 14.2.